The number of methoxy groups -OCH3 is 1. The number of nitrogens with zero attached hydrogens (tertiary/aromatic N) is 2. The molecule has 2 amide bonds. The molecule has 0 saturated carbocycles. The van der Waals surface area contributed by atoms with Crippen molar-refractivity contribution in [2.75, 3.05) is 25.2 Å². The zero-order valence-electron chi connectivity index (χ0n) is 22.1. The monoisotopic (exact) mass is 573 g/mol. The lowest BCUT2D eigenvalue weighted by molar-refractivity contribution is 0.0979. The van der Waals surface area contributed by atoms with E-state index in [-0.39, 0.29) is 22.5 Å². The van der Waals surface area contributed by atoms with Crippen molar-refractivity contribution in [1.82, 2.24) is 9.71 Å². The Hall–Kier alpha value is -4.74. The van der Waals surface area contributed by atoms with Crippen LogP contribution in [0.15, 0.2) is 102 Å². The highest BCUT2D eigenvalue weighted by atomic mass is 32.2. The number of nitrogens with one attached hydrogen (secondary N) is 1. The fraction of sp³-hybridized carbons (Fsp3) is 0.167. The lowest BCUT2D eigenvalue weighted by atomic mass is 10.1. The Morgan fingerprint density at radius 3 is 2.34 bits per heavy atom. The van der Waals surface area contributed by atoms with Gasteiger partial charge >= 0.3 is 0 Å². The predicted octanol–water partition coefficient (Wildman–Crippen LogP) is 4.36. The van der Waals surface area contributed by atoms with Crippen LogP contribution in [0.1, 0.15) is 27.1 Å². The van der Waals surface area contributed by atoms with Crippen molar-refractivity contribution in [3.63, 3.8) is 0 Å². The Balaban J connectivity index is 1.47. The molecule has 0 radical (unpaired) electrons. The summed E-state index contributed by atoms with van der Waals surface area (Å²) in [5.41, 5.74) is 1.35. The minimum absolute atomic E-state index is 0.0279. The highest BCUT2D eigenvalue weighted by Crippen LogP contribution is 2.37. The van der Waals surface area contributed by atoms with Crippen LogP contribution in [0.2, 0.25) is 0 Å². The number of hydrogen-bond donors (Lipinski definition) is 1. The fourth-order valence-corrected chi connectivity index (χ4v) is 5.28. The molecule has 1 aromatic heterocycles. The molecule has 2 heterocycles. The number of aromatic nitrogens is 1. The van der Waals surface area contributed by atoms with Crippen molar-refractivity contribution >= 4 is 33.2 Å². The molecule has 1 aliphatic heterocycles. The van der Waals surface area contributed by atoms with Gasteiger partial charge in [0.25, 0.3) is 21.8 Å². The van der Waals surface area contributed by atoms with Crippen LogP contribution < -0.4 is 19.1 Å². The summed E-state index contributed by atoms with van der Waals surface area (Å²) in [6, 6.07) is 22.1. The third-order valence-electron chi connectivity index (χ3n) is 6.37. The molecule has 10 nitrogen and oxygen atoms in total. The van der Waals surface area contributed by atoms with E-state index in [1.165, 1.54) is 42.5 Å². The van der Waals surface area contributed by atoms with E-state index in [1.807, 2.05) is 0 Å². The second kappa shape index (κ2) is 12.2. The third kappa shape index (κ3) is 6.37. The van der Waals surface area contributed by atoms with E-state index in [0.717, 1.165) is 6.42 Å². The number of hydrogen-bond acceptors (Lipinski definition) is 8. The van der Waals surface area contributed by atoms with Crippen LogP contribution in [0.25, 0.3) is 0 Å². The van der Waals surface area contributed by atoms with E-state index in [9.17, 15) is 18.0 Å². The number of anilines is 2. The minimum Gasteiger partial charge on any atom is -0.493 e. The summed E-state index contributed by atoms with van der Waals surface area (Å²) < 4.78 is 44.3. The molecule has 4 aromatic rings. The first-order valence-corrected chi connectivity index (χ1v) is 14.2. The summed E-state index contributed by atoms with van der Waals surface area (Å²) in [7, 11) is -2.52. The first-order chi connectivity index (χ1) is 19.9. The van der Waals surface area contributed by atoms with E-state index in [0.29, 0.717) is 41.7 Å². The molecular formula is C30H27N3O7S. The quantitative estimate of drug-likeness (QED) is 0.313. The molecule has 1 fully saturated rings. The number of carbonyl (C=O) groups is 2. The van der Waals surface area contributed by atoms with Crippen molar-refractivity contribution in [2.45, 2.75) is 17.4 Å². The van der Waals surface area contributed by atoms with Gasteiger partial charge in [-0.2, -0.15) is 0 Å². The predicted molar refractivity (Wildman–Crippen MR) is 151 cm³/mol. The summed E-state index contributed by atoms with van der Waals surface area (Å²) in [6.07, 6.45) is 3.62. The lowest BCUT2D eigenvalue weighted by Gasteiger charge is -2.25. The minimum atomic E-state index is -4.05. The Bertz CT molecular complexity index is 1620. The Morgan fingerprint density at radius 1 is 0.927 bits per heavy atom. The van der Waals surface area contributed by atoms with Gasteiger partial charge in [-0.1, -0.05) is 18.2 Å². The van der Waals surface area contributed by atoms with Gasteiger partial charge in [-0.25, -0.2) is 13.1 Å². The molecular weight excluding hydrogens is 546 g/mol. The molecule has 5 rings (SSSR count). The van der Waals surface area contributed by atoms with Gasteiger partial charge in [0, 0.05) is 36.1 Å². The van der Waals surface area contributed by atoms with Gasteiger partial charge < -0.3 is 14.2 Å². The number of sulfonamides is 1. The first kappa shape index (κ1) is 27.8. The molecule has 0 bridgehead atoms. The first-order valence-electron chi connectivity index (χ1n) is 12.7. The second-order valence-corrected chi connectivity index (χ2v) is 10.8. The lowest BCUT2D eigenvalue weighted by Crippen LogP contribution is -2.30. The fourth-order valence-electron chi connectivity index (χ4n) is 4.29. The standard InChI is InChI=1S/C30H27N3O7S/c1-38-27-14-13-24(18-28(27)40-25-15-17-39-20-25)33(30(35)22-6-5-16-31-19-22)23-11-9-21(10-12-23)29(34)32-41(36,37)26-7-3-2-4-8-26/h2-14,16,18-19,25H,15,17,20H2,1H3,(H,32,34)/t25-/m1/s1. The van der Waals surface area contributed by atoms with Crippen LogP contribution >= 0.6 is 0 Å². The number of rotatable bonds is 9. The topological polar surface area (TPSA) is 124 Å². The third-order valence-corrected chi connectivity index (χ3v) is 7.71. The molecule has 0 spiro atoms. The highest BCUT2D eigenvalue weighted by Gasteiger charge is 2.25. The summed E-state index contributed by atoms with van der Waals surface area (Å²) in [4.78, 5) is 32.1. The summed E-state index contributed by atoms with van der Waals surface area (Å²) in [5, 5.41) is 0. The van der Waals surface area contributed by atoms with Crippen molar-refractivity contribution in [1.29, 1.82) is 0 Å². The van der Waals surface area contributed by atoms with Gasteiger partial charge in [-0.15, -0.1) is 0 Å². The maximum absolute atomic E-state index is 13.8. The number of pyridine rings is 1. The van der Waals surface area contributed by atoms with Crippen LogP contribution in [-0.4, -0.2) is 51.6 Å². The normalized spacial score (nSPS) is 14.7. The summed E-state index contributed by atoms with van der Waals surface area (Å²) in [6.45, 7) is 1.06. The molecule has 0 aliphatic carbocycles. The molecule has 3 aromatic carbocycles. The van der Waals surface area contributed by atoms with Gasteiger partial charge in [0.15, 0.2) is 11.5 Å². The van der Waals surface area contributed by atoms with Gasteiger partial charge in [-0.05, 0) is 60.7 Å². The van der Waals surface area contributed by atoms with Crippen LogP contribution in [0.5, 0.6) is 11.5 Å². The SMILES string of the molecule is COc1ccc(N(C(=O)c2cccnc2)c2ccc(C(=O)NS(=O)(=O)c3ccccc3)cc2)cc1O[C@@H]1CCOC1. The van der Waals surface area contributed by atoms with Crippen LogP contribution in [0.4, 0.5) is 11.4 Å². The largest absolute Gasteiger partial charge is 0.493 e. The van der Waals surface area contributed by atoms with E-state index in [1.54, 1.807) is 66.9 Å². The van der Waals surface area contributed by atoms with Crippen molar-refractivity contribution in [3.05, 3.63) is 108 Å². The Kier molecular flexibility index (Phi) is 8.27. The molecule has 1 aliphatic rings. The van der Waals surface area contributed by atoms with Crippen molar-refractivity contribution in [2.24, 2.45) is 0 Å². The smallest absolute Gasteiger partial charge is 0.264 e. The molecule has 1 atom stereocenters. The Morgan fingerprint density at radius 2 is 1.68 bits per heavy atom. The maximum atomic E-state index is 13.8. The molecule has 11 heteroatoms. The van der Waals surface area contributed by atoms with Crippen LogP contribution in [0.3, 0.4) is 0 Å². The number of amides is 2. The summed E-state index contributed by atoms with van der Waals surface area (Å²) in [5.74, 6) is -0.223. The summed E-state index contributed by atoms with van der Waals surface area (Å²) >= 11 is 0. The van der Waals surface area contributed by atoms with Gasteiger partial charge in [0.2, 0.25) is 0 Å². The van der Waals surface area contributed by atoms with Crippen molar-refractivity contribution in [3.8, 4) is 11.5 Å². The van der Waals surface area contributed by atoms with Crippen LogP contribution in [0, 0.1) is 0 Å². The van der Waals surface area contributed by atoms with Gasteiger partial charge in [0.1, 0.15) is 6.10 Å². The Labute approximate surface area is 237 Å². The number of carbonyl (C=O) groups excluding carboxylic acids is 2. The van der Waals surface area contributed by atoms with E-state index >= 15 is 0 Å². The molecule has 1 N–H and O–H groups in total. The molecule has 210 valence electrons. The highest BCUT2D eigenvalue weighted by molar-refractivity contribution is 7.90. The maximum Gasteiger partial charge on any atom is 0.264 e. The zero-order valence-corrected chi connectivity index (χ0v) is 22.9. The van der Waals surface area contributed by atoms with Gasteiger partial charge in [0.05, 0.1) is 36.5 Å². The van der Waals surface area contributed by atoms with E-state index in [4.69, 9.17) is 14.2 Å². The van der Waals surface area contributed by atoms with Crippen LogP contribution in [-0.2, 0) is 14.8 Å². The molecule has 41 heavy (non-hydrogen) atoms. The molecule has 0 unspecified atom stereocenters. The van der Waals surface area contributed by atoms with E-state index < -0.39 is 15.9 Å². The zero-order chi connectivity index (χ0) is 28.8. The average molecular weight is 574 g/mol. The molecule has 1 saturated heterocycles. The van der Waals surface area contributed by atoms with Gasteiger partial charge in [-0.3, -0.25) is 19.5 Å². The van der Waals surface area contributed by atoms with E-state index in [2.05, 4.69) is 9.71 Å². The second-order valence-electron chi connectivity index (χ2n) is 9.12. The average Bonchev–Trinajstić information content (AvgIpc) is 3.51. The number of ether oxygens (including phenoxy) is 3. The van der Waals surface area contributed by atoms with Crippen molar-refractivity contribution < 1.29 is 32.2 Å². The number of benzene rings is 3.